The third kappa shape index (κ3) is 2.90. The highest BCUT2D eigenvalue weighted by Gasteiger charge is 2.11. The number of rotatable bonds is 5. The highest BCUT2D eigenvalue weighted by atomic mass is 79.9. The van der Waals surface area contributed by atoms with Crippen molar-refractivity contribution in [1.29, 1.82) is 0 Å². The number of aromatic nitrogens is 2. The molecular formula is C9H12BrN3O2. The van der Waals surface area contributed by atoms with Crippen LogP contribution in [0.2, 0.25) is 0 Å². The van der Waals surface area contributed by atoms with Crippen LogP contribution >= 0.6 is 15.9 Å². The van der Waals surface area contributed by atoms with E-state index in [0.717, 1.165) is 0 Å². The Kier molecular flexibility index (Phi) is 4.51. The van der Waals surface area contributed by atoms with Gasteiger partial charge in [-0.25, -0.2) is 4.98 Å². The van der Waals surface area contributed by atoms with Crippen molar-refractivity contribution in [2.45, 2.75) is 0 Å². The Labute approximate surface area is 95.6 Å². The van der Waals surface area contributed by atoms with E-state index in [4.69, 9.17) is 5.11 Å². The summed E-state index contributed by atoms with van der Waals surface area (Å²) in [4.78, 5) is 19.5. The van der Waals surface area contributed by atoms with E-state index in [1.54, 1.807) is 11.0 Å². The molecule has 0 fully saturated rings. The summed E-state index contributed by atoms with van der Waals surface area (Å²) in [5, 5.41) is 8.88. The molecule has 2 N–H and O–H groups in total. The first kappa shape index (κ1) is 11.9. The van der Waals surface area contributed by atoms with Gasteiger partial charge in [-0.3, -0.25) is 4.79 Å². The van der Waals surface area contributed by atoms with Gasteiger partial charge in [-0.2, -0.15) is 0 Å². The molecule has 82 valence electrons. The molecule has 0 aromatic carbocycles. The number of anilines is 1. The standard InChI is InChI=1S/C9H12BrN3O2/c1-2-3-13(4-5-14)8-7(10)9(15)12-6-11-8/h2,6,14H,1,3-5H2,(H,11,12,15). The number of aliphatic hydroxyl groups excluding tert-OH is 1. The fourth-order valence-electron chi connectivity index (χ4n) is 1.15. The third-order valence-electron chi connectivity index (χ3n) is 1.80. The zero-order valence-electron chi connectivity index (χ0n) is 8.11. The van der Waals surface area contributed by atoms with Gasteiger partial charge >= 0.3 is 0 Å². The number of nitrogens with zero attached hydrogens (tertiary/aromatic N) is 2. The van der Waals surface area contributed by atoms with E-state index in [9.17, 15) is 4.79 Å². The first-order valence-corrected chi connectivity index (χ1v) is 5.20. The Hall–Kier alpha value is -1.14. The van der Waals surface area contributed by atoms with Crippen molar-refractivity contribution in [3.8, 4) is 0 Å². The molecule has 0 unspecified atom stereocenters. The fourth-order valence-corrected chi connectivity index (χ4v) is 1.62. The monoisotopic (exact) mass is 273 g/mol. The van der Waals surface area contributed by atoms with Crippen LogP contribution in [0.4, 0.5) is 5.82 Å². The van der Waals surface area contributed by atoms with Gasteiger partial charge in [-0.1, -0.05) is 6.08 Å². The maximum atomic E-state index is 11.3. The van der Waals surface area contributed by atoms with Crippen LogP contribution < -0.4 is 10.5 Å². The van der Waals surface area contributed by atoms with Gasteiger partial charge in [0, 0.05) is 13.1 Å². The molecule has 0 radical (unpaired) electrons. The second kappa shape index (κ2) is 5.67. The Balaban J connectivity index is 3.04. The maximum Gasteiger partial charge on any atom is 0.267 e. The molecule has 0 aliphatic carbocycles. The summed E-state index contributed by atoms with van der Waals surface area (Å²) in [6.07, 6.45) is 3.01. The van der Waals surface area contributed by atoms with Crippen molar-refractivity contribution in [3.63, 3.8) is 0 Å². The first-order valence-electron chi connectivity index (χ1n) is 4.40. The van der Waals surface area contributed by atoms with Crippen molar-refractivity contribution in [3.05, 3.63) is 33.8 Å². The zero-order valence-corrected chi connectivity index (χ0v) is 9.70. The topological polar surface area (TPSA) is 69.2 Å². The van der Waals surface area contributed by atoms with Crippen molar-refractivity contribution >= 4 is 21.7 Å². The van der Waals surface area contributed by atoms with Gasteiger partial charge in [0.2, 0.25) is 0 Å². The summed E-state index contributed by atoms with van der Waals surface area (Å²) in [5.41, 5.74) is -0.244. The number of hydrogen-bond acceptors (Lipinski definition) is 4. The average molecular weight is 274 g/mol. The van der Waals surface area contributed by atoms with Crippen molar-refractivity contribution in [1.82, 2.24) is 9.97 Å². The normalized spacial score (nSPS) is 10.0. The van der Waals surface area contributed by atoms with Crippen LogP contribution in [0.25, 0.3) is 0 Å². The van der Waals surface area contributed by atoms with Crippen LogP contribution in [0.1, 0.15) is 0 Å². The van der Waals surface area contributed by atoms with Gasteiger partial charge in [0.25, 0.3) is 5.56 Å². The zero-order chi connectivity index (χ0) is 11.3. The molecule has 1 aromatic heterocycles. The predicted molar refractivity (Wildman–Crippen MR) is 62.1 cm³/mol. The summed E-state index contributed by atoms with van der Waals surface area (Å²) in [6.45, 7) is 4.53. The summed E-state index contributed by atoms with van der Waals surface area (Å²) in [6, 6.07) is 0. The van der Waals surface area contributed by atoms with Gasteiger partial charge in [0.05, 0.1) is 12.9 Å². The molecule has 1 aromatic rings. The predicted octanol–water partition coefficient (Wildman–Crippen LogP) is 0.517. The number of hydrogen-bond donors (Lipinski definition) is 2. The van der Waals surface area contributed by atoms with E-state index >= 15 is 0 Å². The van der Waals surface area contributed by atoms with Crippen LogP contribution in [0.5, 0.6) is 0 Å². The quantitative estimate of drug-likeness (QED) is 0.768. The number of aliphatic hydroxyl groups is 1. The van der Waals surface area contributed by atoms with Crippen LogP contribution in [-0.2, 0) is 0 Å². The second-order valence-corrected chi connectivity index (χ2v) is 3.62. The molecule has 0 saturated carbocycles. The summed E-state index contributed by atoms with van der Waals surface area (Å²) in [5.74, 6) is 0.507. The maximum absolute atomic E-state index is 11.3. The van der Waals surface area contributed by atoms with Crippen molar-refractivity contribution in [2.75, 3.05) is 24.6 Å². The summed E-state index contributed by atoms with van der Waals surface area (Å²) in [7, 11) is 0. The van der Waals surface area contributed by atoms with Crippen molar-refractivity contribution < 1.29 is 5.11 Å². The second-order valence-electron chi connectivity index (χ2n) is 2.83. The average Bonchev–Trinajstić information content (AvgIpc) is 2.22. The lowest BCUT2D eigenvalue weighted by atomic mass is 10.4. The molecule has 1 heterocycles. The van der Waals surface area contributed by atoms with Gasteiger partial charge in [0.15, 0.2) is 5.82 Å². The van der Waals surface area contributed by atoms with Crippen molar-refractivity contribution in [2.24, 2.45) is 0 Å². The van der Waals surface area contributed by atoms with E-state index < -0.39 is 0 Å². The molecule has 0 bridgehead atoms. The fraction of sp³-hybridized carbons (Fsp3) is 0.333. The van der Waals surface area contributed by atoms with Gasteiger partial charge < -0.3 is 15.0 Å². The number of H-pyrrole nitrogens is 1. The number of halogens is 1. The van der Waals surface area contributed by atoms with E-state index in [2.05, 4.69) is 32.5 Å². The largest absolute Gasteiger partial charge is 0.395 e. The molecule has 0 spiro atoms. The van der Waals surface area contributed by atoms with Crippen LogP contribution in [0, 0.1) is 0 Å². The van der Waals surface area contributed by atoms with Gasteiger partial charge in [-0.15, -0.1) is 6.58 Å². The summed E-state index contributed by atoms with van der Waals surface area (Å²) >= 11 is 3.16. The molecule has 0 saturated heterocycles. The molecule has 1 rings (SSSR count). The molecule has 0 aliphatic rings. The molecule has 15 heavy (non-hydrogen) atoms. The summed E-state index contributed by atoms with van der Waals surface area (Å²) < 4.78 is 0.361. The number of nitrogens with one attached hydrogen (secondary N) is 1. The lowest BCUT2D eigenvalue weighted by Crippen LogP contribution is -2.29. The third-order valence-corrected chi connectivity index (χ3v) is 2.51. The highest BCUT2D eigenvalue weighted by molar-refractivity contribution is 9.10. The minimum Gasteiger partial charge on any atom is -0.395 e. The van der Waals surface area contributed by atoms with Crippen LogP contribution in [0.3, 0.4) is 0 Å². The molecule has 6 heteroatoms. The first-order chi connectivity index (χ1) is 7.20. The molecule has 0 atom stereocenters. The van der Waals surface area contributed by atoms with E-state index in [1.807, 2.05) is 0 Å². The lowest BCUT2D eigenvalue weighted by molar-refractivity contribution is 0.302. The Morgan fingerprint density at radius 2 is 2.47 bits per heavy atom. The Morgan fingerprint density at radius 1 is 1.73 bits per heavy atom. The van der Waals surface area contributed by atoms with E-state index in [0.29, 0.717) is 23.4 Å². The Morgan fingerprint density at radius 3 is 3.07 bits per heavy atom. The molecule has 5 nitrogen and oxygen atoms in total. The minimum atomic E-state index is -0.244. The highest BCUT2D eigenvalue weighted by Crippen LogP contribution is 2.18. The number of aromatic amines is 1. The lowest BCUT2D eigenvalue weighted by Gasteiger charge is -2.21. The smallest absolute Gasteiger partial charge is 0.267 e. The van der Waals surface area contributed by atoms with E-state index in [1.165, 1.54) is 6.33 Å². The van der Waals surface area contributed by atoms with Crippen LogP contribution in [0.15, 0.2) is 28.2 Å². The SMILES string of the molecule is C=CCN(CCO)c1nc[nH]c(=O)c1Br. The van der Waals surface area contributed by atoms with Crippen LogP contribution in [-0.4, -0.2) is 34.8 Å². The van der Waals surface area contributed by atoms with E-state index in [-0.39, 0.29) is 12.2 Å². The molecule has 0 aliphatic heterocycles. The van der Waals surface area contributed by atoms with Gasteiger partial charge in [0.1, 0.15) is 4.47 Å². The minimum absolute atomic E-state index is 0.00520. The molecular weight excluding hydrogens is 262 g/mol. The van der Waals surface area contributed by atoms with Gasteiger partial charge in [-0.05, 0) is 15.9 Å². The molecule has 0 amide bonds. The Bertz CT molecular complexity index is 391.